The molecule has 0 aliphatic rings. The average Bonchev–Trinajstić information content (AvgIpc) is 2.73. The summed E-state index contributed by atoms with van der Waals surface area (Å²) in [4.78, 5) is 11.4. The molecule has 0 radical (unpaired) electrons. The first-order valence-electron chi connectivity index (χ1n) is 5.91. The van der Waals surface area contributed by atoms with Crippen molar-refractivity contribution >= 4 is 5.97 Å². The van der Waals surface area contributed by atoms with Crippen molar-refractivity contribution in [1.82, 2.24) is 5.16 Å². The zero-order valence-corrected chi connectivity index (χ0v) is 11.2. The summed E-state index contributed by atoms with van der Waals surface area (Å²) in [7, 11) is 0. The molecule has 1 aromatic heterocycles. The van der Waals surface area contributed by atoms with Gasteiger partial charge >= 0.3 is 5.97 Å². The van der Waals surface area contributed by atoms with Gasteiger partial charge in [0.15, 0.2) is 5.76 Å². The molecule has 106 valence electrons. The number of rotatable bonds is 2. The lowest BCUT2D eigenvalue weighted by Gasteiger charge is -2.14. The highest BCUT2D eigenvalue weighted by Gasteiger charge is 2.33. The van der Waals surface area contributed by atoms with Crippen molar-refractivity contribution in [2.45, 2.75) is 26.2 Å². The summed E-state index contributed by atoms with van der Waals surface area (Å²) < 4.78 is 32.6. The lowest BCUT2D eigenvalue weighted by Crippen LogP contribution is -2.15. The third-order valence-electron chi connectivity index (χ3n) is 2.79. The van der Waals surface area contributed by atoms with Crippen LogP contribution in [0.5, 0.6) is 0 Å². The van der Waals surface area contributed by atoms with Gasteiger partial charge < -0.3 is 9.63 Å². The number of hydrogen-bond acceptors (Lipinski definition) is 3. The van der Waals surface area contributed by atoms with Crippen LogP contribution in [-0.4, -0.2) is 16.2 Å². The maximum Gasteiger partial charge on any atom is 0.341 e. The first-order chi connectivity index (χ1) is 9.23. The molecule has 1 N–H and O–H groups in total. The van der Waals surface area contributed by atoms with Gasteiger partial charge in [0.1, 0.15) is 22.9 Å². The number of carboxylic acid groups (broad SMARTS) is 1. The first-order valence-corrected chi connectivity index (χ1v) is 5.91. The molecule has 0 amide bonds. The molecule has 1 heterocycles. The van der Waals surface area contributed by atoms with Gasteiger partial charge in [0.05, 0.1) is 5.56 Å². The molecule has 6 heteroatoms. The van der Waals surface area contributed by atoms with E-state index in [-0.39, 0.29) is 17.0 Å². The highest BCUT2D eigenvalue weighted by atomic mass is 19.1. The molecule has 0 bridgehead atoms. The van der Waals surface area contributed by atoms with Crippen molar-refractivity contribution in [2.24, 2.45) is 0 Å². The Kier molecular flexibility index (Phi) is 3.33. The van der Waals surface area contributed by atoms with E-state index in [2.05, 4.69) is 5.16 Å². The molecule has 4 nitrogen and oxygen atoms in total. The zero-order valence-electron chi connectivity index (χ0n) is 11.2. The van der Waals surface area contributed by atoms with Gasteiger partial charge in [-0.3, -0.25) is 0 Å². The highest BCUT2D eigenvalue weighted by Crippen LogP contribution is 2.35. The van der Waals surface area contributed by atoms with Crippen molar-refractivity contribution in [1.29, 1.82) is 0 Å². The fraction of sp³-hybridized carbons (Fsp3) is 0.286. The Hall–Kier alpha value is -2.24. The largest absolute Gasteiger partial charge is 0.477 e. The molecular formula is C14H13F2NO3. The van der Waals surface area contributed by atoms with Gasteiger partial charge in [0.2, 0.25) is 0 Å². The van der Waals surface area contributed by atoms with Crippen LogP contribution < -0.4 is 0 Å². The molecule has 0 atom stereocenters. The maximum absolute atomic E-state index is 13.8. The van der Waals surface area contributed by atoms with E-state index in [9.17, 15) is 18.7 Å². The molecular weight excluding hydrogens is 268 g/mol. The Morgan fingerprint density at radius 2 is 1.80 bits per heavy atom. The van der Waals surface area contributed by atoms with Crippen molar-refractivity contribution in [3.05, 3.63) is 41.2 Å². The highest BCUT2D eigenvalue weighted by molar-refractivity contribution is 5.96. The molecule has 0 fully saturated rings. The number of carbonyl (C=O) groups is 1. The summed E-state index contributed by atoms with van der Waals surface area (Å²) >= 11 is 0. The van der Waals surface area contributed by atoms with Crippen LogP contribution in [0.25, 0.3) is 11.3 Å². The molecule has 0 unspecified atom stereocenters. The van der Waals surface area contributed by atoms with Crippen LogP contribution in [0.15, 0.2) is 22.7 Å². The van der Waals surface area contributed by atoms with E-state index in [4.69, 9.17) is 4.52 Å². The zero-order chi connectivity index (χ0) is 15.1. The second kappa shape index (κ2) is 4.70. The Labute approximate surface area is 114 Å². The van der Waals surface area contributed by atoms with Gasteiger partial charge in [-0.25, -0.2) is 13.6 Å². The van der Waals surface area contributed by atoms with Gasteiger partial charge in [-0.15, -0.1) is 0 Å². The Morgan fingerprint density at radius 1 is 1.25 bits per heavy atom. The van der Waals surface area contributed by atoms with Gasteiger partial charge in [-0.1, -0.05) is 32.0 Å². The number of carboxylic acids is 1. The predicted molar refractivity (Wildman–Crippen MR) is 67.5 cm³/mol. The van der Waals surface area contributed by atoms with Crippen LogP contribution in [0.4, 0.5) is 8.78 Å². The lowest BCUT2D eigenvalue weighted by molar-refractivity contribution is 0.0693. The minimum absolute atomic E-state index is 0.0719. The summed E-state index contributed by atoms with van der Waals surface area (Å²) in [6.07, 6.45) is 0. The van der Waals surface area contributed by atoms with Crippen LogP contribution in [0, 0.1) is 11.6 Å². The van der Waals surface area contributed by atoms with Crippen LogP contribution in [-0.2, 0) is 5.41 Å². The first kappa shape index (κ1) is 14.2. The number of aromatic carboxylic acids is 1. The molecule has 20 heavy (non-hydrogen) atoms. The summed E-state index contributed by atoms with van der Waals surface area (Å²) in [6, 6.07) is 3.27. The third-order valence-corrected chi connectivity index (χ3v) is 2.79. The summed E-state index contributed by atoms with van der Waals surface area (Å²) in [5.74, 6) is -3.04. The summed E-state index contributed by atoms with van der Waals surface area (Å²) in [5, 5.41) is 12.9. The van der Waals surface area contributed by atoms with Crippen LogP contribution in [0.2, 0.25) is 0 Å². The van der Waals surface area contributed by atoms with Gasteiger partial charge in [0.25, 0.3) is 0 Å². The van der Waals surface area contributed by atoms with Crippen molar-refractivity contribution in [2.75, 3.05) is 0 Å². The van der Waals surface area contributed by atoms with Crippen LogP contribution in [0.1, 0.15) is 36.9 Å². The Morgan fingerprint density at radius 3 is 2.25 bits per heavy atom. The summed E-state index contributed by atoms with van der Waals surface area (Å²) in [6.45, 7) is 5.17. The van der Waals surface area contributed by atoms with Crippen molar-refractivity contribution in [3.63, 3.8) is 0 Å². The van der Waals surface area contributed by atoms with E-state index in [1.807, 2.05) is 0 Å². The number of hydrogen-bond donors (Lipinski definition) is 1. The quantitative estimate of drug-likeness (QED) is 0.913. The maximum atomic E-state index is 13.8. The SMILES string of the molecule is CC(C)(C)c1onc(-c2c(F)cccc2F)c1C(=O)O. The van der Waals surface area contributed by atoms with E-state index in [1.54, 1.807) is 20.8 Å². The smallest absolute Gasteiger partial charge is 0.341 e. The van der Waals surface area contributed by atoms with Crippen LogP contribution >= 0.6 is 0 Å². The number of aromatic nitrogens is 1. The van der Waals surface area contributed by atoms with Gasteiger partial charge in [0, 0.05) is 5.41 Å². The fourth-order valence-electron chi connectivity index (χ4n) is 1.90. The molecule has 0 saturated carbocycles. The number of halogens is 2. The topological polar surface area (TPSA) is 63.3 Å². The number of nitrogens with zero attached hydrogens (tertiary/aromatic N) is 1. The van der Waals surface area contributed by atoms with Crippen molar-refractivity contribution < 1.29 is 23.2 Å². The molecule has 0 aliphatic heterocycles. The monoisotopic (exact) mass is 281 g/mol. The second-order valence-corrected chi connectivity index (χ2v) is 5.39. The number of benzene rings is 1. The normalized spacial score (nSPS) is 11.7. The molecule has 0 aliphatic carbocycles. The Balaban J connectivity index is 2.77. The molecule has 0 spiro atoms. The molecule has 2 rings (SSSR count). The third kappa shape index (κ3) is 2.29. The summed E-state index contributed by atoms with van der Waals surface area (Å²) in [5.41, 5.74) is -1.80. The van der Waals surface area contributed by atoms with E-state index in [0.29, 0.717) is 0 Å². The van der Waals surface area contributed by atoms with E-state index in [1.165, 1.54) is 6.07 Å². The Bertz CT molecular complexity index is 651. The molecule has 2 aromatic rings. The van der Waals surface area contributed by atoms with Crippen LogP contribution in [0.3, 0.4) is 0 Å². The van der Waals surface area contributed by atoms with E-state index in [0.717, 1.165) is 12.1 Å². The second-order valence-electron chi connectivity index (χ2n) is 5.39. The standard InChI is InChI=1S/C14H13F2NO3/c1-14(2,3)12-10(13(18)19)11(17-20-12)9-7(15)5-4-6-8(9)16/h4-6H,1-3H3,(H,18,19). The fourth-order valence-corrected chi connectivity index (χ4v) is 1.90. The van der Waals surface area contributed by atoms with E-state index >= 15 is 0 Å². The molecule has 1 aromatic carbocycles. The minimum Gasteiger partial charge on any atom is -0.477 e. The van der Waals surface area contributed by atoms with Gasteiger partial charge in [-0.2, -0.15) is 0 Å². The average molecular weight is 281 g/mol. The molecule has 0 saturated heterocycles. The lowest BCUT2D eigenvalue weighted by atomic mass is 9.88. The predicted octanol–water partition coefficient (Wildman–Crippen LogP) is 3.62. The van der Waals surface area contributed by atoms with E-state index < -0.39 is 28.6 Å². The minimum atomic E-state index is -1.34. The van der Waals surface area contributed by atoms with Crippen molar-refractivity contribution in [3.8, 4) is 11.3 Å². The van der Waals surface area contributed by atoms with Gasteiger partial charge in [-0.05, 0) is 12.1 Å².